The van der Waals surface area contributed by atoms with Gasteiger partial charge < -0.3 is 9.64 Å². The Morgan fingerprint density at radius 3 is 3.18 bits per heavy atom. The third-order valence-electron chi connectivity index (χ3n) is 4.16. The third-order valence-corrected chi connectivity index (χ3v) is 5.43. The molecule has 116 valence electrons. The minimum absolute atomic E-state index is 0.0574. The fourth-order valence-electron chi connectivity index (χ4n) is 2.98. The Morgan fingerprint density at radius 1 is 1.55 bits per heavy atom. The standard InChI is InChI=1S/C16H19N3O2S/c1-21-13-6-2-4-11(8-13)15-18-14(10-22-15)16(20)19-7-3-5-12(19)9-17/h2,4,6,8,12,14-15,18H,3,5,7,10H2,1H3/t12-,14-,15?/m0/s1. The topological polar surface area (TPSA) is 65.4 Å². The Balaban J connectivity index is 1.67. The number of nitriles is 1. The van der Waals surface area contributed by atoms with Gasteiger partial charge in [-0.15, -0.1) is 11.8 Å². The van der Waals surface area contributed by atoms with Crippen LogP contribution in [0.2, 0.25) is 0 Å². The minimum Gasteiger partial charge on any atom is -0.497 e. The average molecular weight is 317 g/mol. The number of benzene rings is 1. The summed E-state index contributed by atoms with van der Waals surface area (Å²) in [4.78, 5) is 14.3. The number of rotatable bonds is 3. The second kappa shape index (κ2) is 6.59. The molecule has 0 spiro atoms. The molecular formula is C16H19N3O2S. The minimum atomic E-state index is -0.254. The SMILES string of the molecule is COc1cccc(C2N[C@H](C(=O)N3CCC[C@H]3C#N)CS2)c1. The lowest BCUT2D eigenvalue weighted by Crippen LogP contribution is -2.46. The number of methoxy groups -OCH3 is 1. The predicted octanol–water partition coefficient (Wildman–Crippen LogP) is 1.91. The van der Waals surface area contributed by atoms with Gasteiger partial charge in [-0.05, 0) is 30.5 Å². The van der Waals surface area contributed by atoms with Crippen LogP contribution in [0.4, 0.5) is 0 Å². The number of ether oxygens (including phenoxy) is 1. The third kappa shape index (κ3) is 2.92. The quantitative estimate of drug-likeness (QED) is 0.922. The summed E-state index contributed by atoms with van der Waals surface area (Å²) < 4.78 is 5.25. The fourth-order valence-corrected chi connectivity index (χ4v) is 4.20. The lowest BCUT2D eigenvalue weighted by molar-refractivity contribution is -0.132. The smallest absolute Gasteiger partial charge is 0.241 e. The molecule has 2 aliphatic heterocycles. The Hall–Kier alpha value is -1.71. The molecule has 0 aromatic heterocycles. The van der Waals surface area contributed by atoms with E-state index >= 15 is 0 Å². The zero-order chi connectivity index (χ0) is 15.5. The highest BCUT2D eigenvalue weighted by molar-refractivity contribution is 7.99. The Bertz CT molecular complexity index is 601. The monoisotopic (exact) mass is 317 g/mol. The number of nitrogens with one attached hydrogen (secondary N) is 1. The molecule has 0 saturated carbocycles. The van der Waals surface area contributed by atoms with Gasteiger partial charge >= 0.3 is 0 Å². The van der Waals surface area contributed by atoms with Gasteiger partial charge in [0.25, 0.3) is 0 Å². The van der Waals surface area contributed by atoms with E-state index in [0.29, 0.717) is 6.54 Å². The van der Waals surface area contributed by atoms with E-state index in [1.165, 1.54) is 0 Å². The normalized spacial score (nSPS) is 27.6. The van der Waals surface area contributed by atoms with Crippen molar-refractivity contribution in [2.24, 2.45) is 0 Å². The van der Waals surface area contributed by atoms with Gasteiger partial charge in [0.1, 0.15) is 11.8 Å². The molecule has 1 N–H and O–H groups in total. The van der Waals surface area contributed by atoms with Gasteiger partial charge in [0.2, 0.25) is 5.91 Å². The number of hydrogen-bond acceptors (Lipinski definition) is 5. The molecule has 5 nitrogen and oxygen atoms in total. The van der Waals surface area contributed by atoms with Gasteiger partial charge in [0.05, 0.1) is 24.6 Å². The molecule has 2 saturated heterocycles. The van der Waals surface area contributed by atoms with Crippen LogP contribution in [0.1, 0.15) is 23.8 Å². The van der Waals surface area contributed by atoms with Gasteiger partial charge in [-0.25, -0.2) is 0 Å². The Kier molecular flexibility index (Phi) is 4.55. The van der Waals surface area contributed by atoms with Crippen LogP contribution in [0.5, 0.6) is 5.75 Å². The van der Waals surface area contributed by atoms with Crippen LogP contribution in [0.3, 0.4) is 0 Å². The second-order valence-corrected chi connectivity index (χ2v) is 6.67. The molecule has 3 rings (SSSR count). The van der Waals surface area contributed by atoms with E-state index in [0.717, 1.165) is 29.9 Å². The lowest BCUT2D eigenvalue weighted by atomic mass is 10.2. The number of amides is 1. The van der Waals surface area contributed by atoms with Crippen LogP contribution in [0.25, 0.3) is 0 Å². The van der Waals surface area contributed by atoms with Crippen LogP contribution in [0, 0.1) is 11.3 Å². The maximum Gasteiger partial charge on any atom is 0.241 e. The van der Waals surface area contributed by atoms with Crippen LogP contribution in [0.15, 0.2) is 24.3 Å². The summed E-state index contributed by atoms with van der Waals surface area (Å²) in [5.74, 6) is 1.61. The van der Waals surface area contributed by atoms with E-state index in [9.17, 15) is 4.79 Å². The highest BCUT2D eigenvalue weighted by Crippen LogP contribution is 2.35. The summed E-state index contributed by atoms with van der Waals surface area (Å²) in [6.07, 6.45) is 1.71. The maximum absolute atomic E-state index is 12.6. The van der Waals surface area contributed by atoms with Crippen molar-refractivity contribution >= 4 is 17.7 Å². The number of thioether (sulfide) groups is 1. The molecule has 2 fully saturated rings. The summed E-state index contributed by atoms with van der Waals surface area (Å²) in [6, 6.07) is 9.66. The van der Waals surface area contributed by atoms with Crippen LogP contribution in [-0.4, -0.2) is 42.3 Å². The van der Waals surface area contributed by atoms with Gasteiger partial charge in [0.15, 0.2) is 0 Å². The molecule has 1 amide bonds. The highest BCUT2D eigenvalue weighted by atomic mass is 32.2. The summed E-state index contributed by atoms with van der Waals surface area (Å²) in [5.41, 5.74) is 1.11. The van der Waals surface area contributed by atoms with Crippen molar-refractivity contribution in [1.82, 2.24) is 10.2 Å². The molecule has 1 aromatic rings. The lowest BCUT2D eigenvalue weighted by Gasteiger charge is -2.23. The average Bonchev–Trinajstić information content (AvgIpc) is 3.23. The largest absolute Gasteiger partial charge is 0.497 e. The van der Waals surface area contributed by atoms with Gasteiger partial charge in [0, 0.05) is 12.3 Å². The zero-order valence-electron chi connectivity index (χ0n) is 12.5. The van der Waals surface area contributed by atoms with Crippen LogP contribution >= 0.6 is 11.8 Å². The van der Waals surface area contributed by atoms with Gasteiger partial charge in [-0.1, -0.05) is 12.1 Å². The summed E-state index contributed by atoms with van der Waals surface area (Å²) >= 11 is 1.72. The van der Waals surface area contributed by atoms with Crippen molar-refractivity contribution < 1.29 is 9.53 Å². The Morgan fingerprint density at radius 2 is 2.41 bits per heavy atom. The summed E-state index contributed by atoms with van der Waals surface area (Å²) in [5, 5.41) is 12.6. The molecule has 0 aliphatic carbocycles. The molecule has 6 heteroatoms. The molecule has 1 aromatic carbocycles. The van der Waals surface area contributed by atoms with E-state index in [4.69, 9.17) is 10.00 Å². The molecule has 2 aliphatic rings. The molecule has 3 atom stereocenters. The van der Waals surface area contributed by atoms with E-state index in [-0.39, 0.29) is 23.4 Å². The first-order valence-corrected chi connectivity index (χ1v) is 8.49. The number of hydrogen-bond donors (Lipinski definition) is 1. The summed E-state index contributed by atoms with van der Waals surface area (Å²) in [7, 11) is 1.65. The molecule has 22 heavy (non-hydrogen) atoms. The predicted molar refractivity (Wildman–Crippen MR) is 85.5 cm³/mol. The highest BCUT2D eigenvalue weighted by Gasteiger charge is 2.37. The van der Waals surface area contributed by atoms with Gasteiger partial charge in [-0.2, -0.15) is 5.26 Å². The van der Waals surface area contributed by atoms with Crippen molar-refractivity contribution in [3.8, 4) is 11.8 Å². The van der Waals surface area contributed by atoms with Gasteiger partial charge in [-0.3, -0.25) is 10.1 Å². The molecule has 1 unspecified atom stereocenters. The van der Waals surface area contributed by atoms with Crippen LogP contribution < -0.4 is 10.1 Å². The van der Waals surface area contributed by atoms with Crippen LogP contribution in [-0.2, 0) is 4.79 Å². The maximum atomic E-state index is 12.6. The fraction of sp³-hybridized carbons (Fsp3) is 0.500. The molecule has 0 bridgehead atoms. The van der Waals surface area contributed by atoms with E-state index in [1.54, 1.807) is 23.8 Å². The first kappa shape index (κ1) is 15.2. The van der Waals surface area contributed by atoms with E-state index in [2.05, 4.69) is 11.4 Å². The zero-order valence-corrected chi connectivity index (χ0v) is 13.3. The number of nitrogens with zero attached hydrogens (tertiary/aromatic N) is 2. The molecule has 0 radical (unpaired) electrons. The molecular weight excluding hydrogens is 298 g/mol. The van der Waals surface area contributed by atoms with Crippen molar-refractivity contribution in [3.05, 3.63) is 29.8 Å². The number of likely N-dealkylation sites (tertiary alicyclic amines) is 1. The van der Waals surface area contributed by atoms with Crippen molar-refractivity contribution in [3.63, 3.8) is 0 Å². The number of carbonyl (C=O) groups is 1. The van der Waals surface area contributed by atoms with E-state index in [1.807, 2.05) is 24.3 Å². The number of carbonyl (C=O) groups excluding carboxylic acids is 1. The van der Waals surface area contributed by atoms with Crippen molar-refractivity contribution in [2.45, 2.75) is 30.3 Å². The first-order chi connectivity index (χ1) is 10.7. The van der Waals surface area contributed by atoms with Crippen molar-refractivity contribution in [2.75, 3.05) is 19.4 Å². The summed E-state index contributed by atoms with van der Waals surface area (Å²) in [6.45, 7) is 0.698. The second-order valence-electron chi connectivity index (χ2n) is 5.53. The first-order valence-electron chi connectivity index (χ1n) is 7.44. The van der Waals surface area contributed by atoms with E-state index < -0.39 is 0 Å². The Labute approximate surface area is 134 Å². The molecule has 2 heterocycles. The van der Waals surface area contributed by atoms with Crippen molar-refractivity contribution in [1.29, 1.82) is 5.26 Å².